The fraction of sp³-hybridized carbons (Fsp3) is 0.500. The van der Waals surface area contributed by atoms with Crippen LogP contribution in [0.15, 0.2) is 24.8 Å². The topological polar surface area (TPSA) is 75.9 Å². The van der Waals surface area contributed by atoms with E-state index in [4.69, 9.17) is 0 Å². The van der Waals surface area contributed by atoms with Crippen LogP contribution in [0.1, 0.15) is 25.3 Å². The first-order valence-corrected chi connectivity index (χ1v) is 8.02. The Morgan fingerprint density at radius 1 is 1.26 bits per heavy atom. The molecule has 23 heavy (non-hydrogen) atoms. The molecule has 1 saturated heterocycles. The average Bonchev–Trinajstić information content (AvgIpc) is 3.03. The van der Waals surface area contributed by atoms with Crippen LogP contribution in [0.5, 0.6) is 0 Å². The molecule has 0 bridgehead atoms. The second-order valence-corrected chi connectivity index (χ2v) is 5.90. The van der Waals surface area contributed by atoms with E-state index < -0.39 is 0 Å². The molecule has 1 fully saturated rings. The summed E-state index contributed by atoms with van der Waals surface area (Å²) < 4.78 is 1.80. The minimum atomic E-state index is 0.0293. The fourth-order valence-corrected chi connectivity index (χ4v) is 2.74. The highest BCUT2D eigenvalue weighted by Gasteiger charge is 2.26. The minimum Gasteiger partial charge on any atom is -0.341 e. The Balaban J connectivity index is 1.53. The van der Waals surface area contributed by atoms with Crippen LogP contribution < -0.4 is 10.2 Å². The molecule has 0 aromatic carbocycles. The van der Waals surface area contributed by atoms with Gasteiger partial charge in [0, 0.05) is 44.1 Å². The number of hydrogen-bond acceptors (Lipinski definition) is 5. The Morgan fingerprint density at radius 3 is 2.57 bits per heavy atom. The zero-order valence-corrected chi connectivity index (χ0v) is 13.6. The summed E-state index contributed by atoms with van der Waals surface area (Å²) in [5.41, 5.74) is 1.82. The third kappa shape index (κ3) is 3.67. The van der Waals surface area contributed by atoms with Crippen LogP contribution >= 0.6 is 0 Å². The first-order valence-electron chi connectivity index (χ1n) is 8.02. The molecule has 1 N–H and O–H groups in total. The molecule has 0 aliphatic carbocycles. The molecule has 2 aromatic rings. The predicted octanol–water partition coefficient (Wildman–Crippen LogP) is 1.86. The van der Waals surface area contributed by atoms with Crippen molar-refractivity contribution in [2.75, 3.05) is 23.3 Å². The molecule has 7 heteroatoms. The molecular formula is C16H22N6O. The smallest absolute Gasteiger partial charge is 0.227 e. The van der Waals surface area contributed by atoms with Crippen LogP contribution in [0.4, 0.5) is 11.6 Å². The third-order valence-corrected chi connectivity index (χ3v) is 4.14. The third-order valence-electron chi connectivity index (χ3n) is 4.14. The van der Waals surface area contributed by atoms with Crippen molar-refractivity contribution < 1.29 is 4.79 Å². The normalized spacial score (nSPS) is 15.7. The summed E-state index contributed by atoms with van der Waals surface area (Å²) in [6, 6.07) is 0. The molecule has 1 amide bonds. The van der Waals surface area contributed by atoms with Crippen LogP contribution in [-0.2, 0) is 11.3 Å². The summed E-state index contributed by atoms with van der Waals surface area (Å²) in [4.78, 5) is 23.2. The van der Waals surface area contributed by atoms with Crippen molar-refractivity contribution in [2.45, 2.75) is 33.2 Å². The van der Waals surface area contributed by atoms with Crippen molar-refractivity contribution in [1.29, 1.82) is 0 Å². The van der Waals surface area contributed by atoms with E-state index in [1.165, 1.54) is 0 Å². The number of rotatable bonds is 4. The van der Waals surface area contributed by atoms with Gasteiger partial charge >= 0.3 is 0 Å². The Labute approximate surface area is 135 Å². The first kappa shape index (κ1) is 15.5. The van der Waals surface area contributed by atoms with Crippen LogP contribution in [-0.4, -0.2) is 38.7 Å². The Morgan fingerprint density at radius 2 is 1.96 bits per heavy atom. The molecule has 0 radical (unpaired) electrons. The number of carbonyl (C=O) groups is 1. The monoisotopic (exact) mass is 314 g/mol. The molecule has 7 nitrogen and oxygen atoms in total. The number of aromatic nitrogens is 4. The van der Waals surface area contributed by atoms with Crippen LogP contribution in [0.25, 0.3) is 0 Å². The molecule has 0 unspecified atom stereocenters. The van der Waals surface area contributed by atoms with Crippen molar-refractivity contribution in [3.63, 3.8) is 0 Å². The van der Waals surface area contributed by atoms with Gasteiger partial charge in [-0.25, -0.2) is 9.97 Å². The Kier molecular flexibility index (Phi) is 4.55. The highest BCUT2D eigenvalue weighted by Crippen LogP contribution is 2.22. The van der Waals surface area contributed by atoms with E-state index in [1.807, 2.05) is 32.4 Å². The Hall–Kier alpha value is -2.44. The molecule has 1 aliphatic heterocycles. The van der Waals surface area contributed by atoms with Gasteiger partial charge in [0.25, 0.3) is 0 Å². The maximum Gasteiger partial charge on any atom is 0.227 e. The molecule has 0 atom stereocenters. The summed E-state index contributed by atoms with van der Waals surface area (Å²) >= 11 is 0. The highest BCUT2D eigenvalue weighted by molar-refractivity contribution is 5.92. The maximum absolute atomic E-state index is 12.4. The van der Waals surface area contributed by atoms with Crippen molar-refractivity contribution in [3.8, 4) is 0 Å². The van der Waals surface area contributed by atoms with Gasteiger partial charge in [-0.1, -0.05) is 0 Å². The summed E-state index contributed by atoms with van der Waals surface area (Å²) in [6.45, 7) is 6.39. The first-order chi connectivity index (χ1) is 11.2. The van der Waals surface area contributed by atoms with Gasteiger partial charge in [-0.15, -0.1) is 0 Å². The second-order valence-electron chi connectivity index (χ2n) is 5.90. The predicted molar refractivity (Wildman–Crippen MR) is 88.2 cm³/mol. The standard InChI is InChI=1S/C16H22N6O/c1-3-22-11-14(10-19-22)20-15(23)13-4-6-21(7-5-13)16-17-8-12(2)9-18-16/h8-11,13H,3-7H2,1-2H3,(H,20,23). The lowest BCUT2D eigenvalue weighted by Gasteiger charge is -2.31. The van der Waals surface area contributed by atoms with Gasteiger partial charge in [0.05, 0.1) is 11.9 Å². The van der Waals surface area contributed by atoms with E-state index in [0.29, 0.717) is 0 Å². The van der Waals surface area contributed by atoms with Crippen molar-refractivity contribution in [3.05, 3.63) is 30.4 Å². The number of piperidine rings is 1. The highest BCUT2D eigenvalue weighted by atomic mass is 16.1. The van der Waals surface area contributed by atoms with E-state index in [9.17, 15) is 4.79 Å². The van der Waals surface area contributed by atoms with Crippen molar-refractivity contribution in [1.82, 2.24) is 19.7 Å². The molecule has 1 aliphatic rings. The fourth-order valence-electron chi connectivity index (χ4n) is 2.74. The minimum absolute atomic E-state index is 0.0293. The van der Waals surface area contributed by atoms with E-state index in [-0.39, 0.29) is 11.8 Å². The molecule has 122 valence electrons. The number of carbonyl (C=O) groups excluding carboxylic acids is 1. The zero-order valence-electron chi connectivity index (χ0n) is 13.6. The van der Waals surface area contributed by atoms with E-state index in [0.717, 1.165) is 49.7 Å². The summed E-state index contributed by atoms with van der Waals surface area (Å²) in [5, 5.41) is 7.13. The van der Waals surface area contributed by atoms with Gasteiger partial charge < -0.3 is 10.2 Å². The molecule has 2 aromatic heterocycles. The van der Waals surface area contributed by atoms with Gasteiger partial charge in [0.2, 0.25) is 11.9 Å². The lowest BCUT2D eigenvalue weighted by atomic mass is 9.96. The maximum atomic E-state index is 12.4. The zero-order chi connectivity index (χ0) is 16.2. The largest absolute Gasteiger partial charge is 0.341 e. The van der Waals surface area contributed by atoms with E-state index in [1.54, 1.807) is 10.9 Å². The van der Waals surface area contributed by atoms with Gasteiger partial charge in [-0.05, 0) is 32.3 Å². The SMILES string of the molecule is CCn1cc(NC(=O)C2CCN(c3ncc(C)cn3)CC2)cn1. The number of nitrogens with zero attached hydrogens (tertiary/aromatic N) is 5. The van der Waals surface area contributed by atoms with Gasteiger partial charge in [0.1, 0.15) is 0 Å². The Bertz CT molecular complexity index is 657. The van der Waals surface area contributed by atoms with Crippen LogP contribution in [0.3, 0.4) is 0 Å². The van der Waals surface area contributed by atoms with Gasteiger partial charge in [-0.3, -0.25) is 9.48 Å². The number of anilines is 2. The molecule has 0 spiro atoms. The van der Waals surface area contributed by atoms with Crippen LogP contribution in [0, 0.1) is 12.8 Å². The number of amides is 1. The number of nitrogens with one attached hydrogen (secondary N) is 1. The molecule has 3 heterocycles. The second kappa shape index (κ2) is 6.76. The van der Waals surface area contributed by atoms with Crippen LogP contribution in [0.2, 0.25) is 0 Å². The average molecular weight is 314 g/mol. The lowest BCUT2D eigenvalue weighted by molar-refractivity contribution is -0.120. The summed E-state index contributed by atoms with van der Waals surface area (Å²) in [6.07, 6.45) is 8.82. The molecule has 0 saturated carbocycles. The van der Waals surface area contributed by atoms with E-state index >= 15 is 0 Å². The van der Waals surface area contributed by atoms with Gasteiger partial charge in [-0.2, -0.15) is 5.10 Å². The lowest BCUT2D eigenvalue weighted by Crippen LogP contribution is -2.39. The number of hydrogen-bond donors (Lipinski definition) is 1. The van der Waals surface area contributed by atoms with Crippen molar-refractivity contribution in [2.24, 2.45) is 5.92 Å². The number of aryl methyl sites for hydroxylation is 2. The molecule has 3 rings (SSSR count). The molecular weight excluding hydrogens is 292 g/mol. The van der Waals surface area contributed by atoms with Crippen molar-refractivity contribution >= 4 is 17.5 Å². The summed E-state index contributed by atoms with van der Waals surface area (Å²) in [7, 11) is 0. The summed E-state index contributed by atoms with van der Waals surface area (Å²) in [5.74, 6) is 0.852. The van der Waals surface area contributed by atoms with E-state index in [2.05, 4.69) is 25.3 Å². The van der Waals surface area contributed by atoms with Gasteiger partial charge in [0.15, 0.2) is 0 Å². The quantitative estimate of drug-likeness (QED) is 0.932.